The molecule has 1 aliphatic heterocycles. The molecular formula is C9H14O4. The predicted octanol–water partition coefficient (Wildman–Crippen LogP) is 1.04. The van der Waals surface area contributed by atoms with E-state index in [0.717, 1.165) is 0 Å². The van der Waals surface area contributed by atoms with Crippen LogP contribution in [-0.2, 0) is 19.1 Å². The summed E-state index contributed by atoms with van der Waals surface area (Å²) >= 11 is 0. The fourth-order valence-corrected chi connectivity index (χ4v) is 1.33. The molecule has 0 aliphatic carbocycles. The summed E-state index contributed by atoms with van der Waals surface area (Å²) in [7, 11) is 0. The topological polar surface area (TPSA) is 52.6 Å². The van der Waals surface area contributed by atoms with E-state index in [1.54, 1.807) is 0 Å². The third-order valence-corrected chi connectivity index (χ3v) is 2.15. The van der Waals surface area contributed by atoms with Crippen molar-refractivity contribution in [2.45, 2.75) is 38.7 Å². The maximum Gasteiger partial charge on any atom is 0.306 e. The number of carbonyl (C=O) groups is 2. The normalized spacial score (nSPS) is 27.1. The zero-order chi connectivity index (χ0) is 9.90. The Labute approximate surface area is 77.2 Å². The van der Waals surface area contributed by atoms with Gasteiger partial charge < -0.3 is 9.47 Å². The molecule has 74 valence electrons. The van der Waals surface area contributed by atoms with Crippen molar-refractivity contribution in [1.82, 2.24) is 0 Å². The zero-order valence-corrected chi connectivity index (χ0v) is 7.96. The van der Waals surface area contributed by atoms with Crippen LogP contribution >= 0.6 is 0 Å². The Morgan fingerprint density at radius 1 is 1.69 bits per heavy atom. The van der Waals surface area contributed by atoms with Crippen molar-refractivity contribution in [2.75, 3.05) is 6.61 Å². The van der Waals surface area contributed by atoms with Crippen LogP contribution in [0.5, 0.6) is 0 Å². The molecule has 0 N–H and O–H groups in total. The Morgan fingerprint density at radius 3 is 2.85 bits per heavy atom. The second-order valence-electron chi connectivity index (χ2n) is 3.51. The summed E-state index contributed by atoms with van der Waals surface area (Å²) in [4.78, 5) is 21.3. The molecule has 13 heavy (non-hydrogen) atoms. The number of hydrogen-bond donors (Lipinski definition) is 0. The van der Waals surface area contributed by atoms with Gasteiger partial charge in [0.15, 0.2) is 0 Å². The van der Waals surface area contributed by atoms with Crippen molar-refractivity contribution in [3.05, 3.63) is 0 Å². The van der Waals surface area contributed by atoms with Crippen LogP contribution in [0.4, 0.5) is 0 Å². The van der Waals surface area contributed by atoms with Gasteiger partial charge in [-0.25, -0.2) is 0 Å². The van der Waals surface area contributed by atoms with Crippen LogP contribution in [0.25, 0.3) is 0 Å². The Balaban J connectivity index is 2.27. The molecule has 0 aromatic carbocycles. The minimum absolute atomic E-state index is 0.162. The van der Waals surface area contributed by atoms with E-state index >= 15 is 0 Å². The van der Waals surface area contributed by atoms with Gasteiger partial charge in [-0.3, -0.25) is 9.59 Å². The average Bonchev–Trinajstić information content (AvgIpc) is 2.30. The van der Waals surface area contributed by atoms with Crippen molar-refractivity contribution < 1.29 is 19.1 Å². The van der Waals surface area contributed by atoms with Crippen molar-refractivity contribution >= 4 is 11.9 Å². The van der Waals surface area contributed by atoms with Crippen LogP contribution in [-0.4, -0.2) is 24.1 Å². The van der Waals surface area contributed by atoms with Crippen LogP contribution in [0.2, 0.25) is 0 Å². The van der Waals surface area contributed by atoms with E-state index in [1.165, 1.54) is 6.92 Å². The van der Waals surface area contributed by atoms with Crippen LogP contribution in [0, 0.1) is 0 Å². The van der Waals surface area contributed by atoms with E-state index in [4.69, 9.17) is 9.47 Å². The van der Waals surface area contributed by atoms with Crippen LogP contribution in [0.3, 0.4) is 0 Å². The summed E-state index contributed by atoms with van der Waals surface area (Å²) in [5.74, 6) is -0.460. The van der Waals surface area contributed by atoms with Crippen LogP contribution in [0.1, 0.15) is 33.1 Å². The highest BCUT2D eigenvalue weighted by Gasteiger charge is 2.35. The van der Waals surface area contributed by atoms with Gasteiger partial charge in [0.05, 0.1) is 6.61 Å². The first-order chi connectivity index (χ1) is 6.02. The molecule has 1 saturated heterocycles. The van der Waals surface area contributed by atoms with Gasteiger partial charge in [0.2, 0.25) is 0 Å². The zero-order valence-electron chi connectivity index (χ0n) is 7.96. The van der Waals surface area contributed by atoms with E-state index < -0.39 is 5.60 Å². The standard InChI is InChI=1S/C9H14O4/c1-7(10)12-6-5-9(2)4-3-8(11)13-9/h3-6H2,1-2H3. The molecule has 0 saturated carbocycles. The number of hydrogen-bond acceptors (Lipinski definition) is 4. The number of cyclic esters (lactones) is 1. The fraction of sp³-hybridized carbons (Fsp3) is 0.778. The molecule has 1 rings (SSSR count). The van der Waals surface area contributed by atoms with Crippen molar-refractivity contribution in [1.29, 1.82) is 0 Å². The fourth-order valence-electron chi connectivity index (χ4n) is 1.33. The predicted molar refractivity (Wildman–Crippen MR) is 45.0 cm³/mol. The summed E-state index contributed by atoms with van der Waals surface area (Å²) in [6.45, 7) is 3.55. The van der Waals surface area contributed by atoms with E-state index in [1.807, 2.05) is 6.92 Å². The highest BCUT2D eigenvalue weighted by molar-refractivity contribution is 5.72. The minimum atomic E-state index is -0.424. The van der Waals surface area contributed by atoms with Gasteiger partial charge in [-0.1, -0.05) is 0 Å². The third-order valence-electron chi connectivity index (χ3n) is 2.15. The minimum Gasteiger partial charge on any atom is -0.466 e. The second-order valence-corrected chi connectivity index (χ2v) is 3.51. The maximum atomic E-state index is 10.8. The molecule has 0 aromatic rings. The number of carbonyl (C=O) groups excluding carboxylic acids is 2. The van der Waals surface area contributed by atoms with Gasteiger partial charge in [-0.05, 0) is 13.3 Å². The van der Waals surface area contributed by atoms with E-state index in [2.05, 4.69) is 0 Å². The Bertz CT molecular complexity index is 224. The molecular weight excluding hydrogens is 172 g/mol. The quantitative estimate of drug-likeness (QED) is 0.618. The first-order valence-electron chi connectivity index (χ1n) is 4.37. The smallest absolute Gasteiger partial charge is 0.306 e. The Morgan fingerprint density at radius 2 is 2.38 bits per heavy atom. The molecule has 1 heterocycles. The highest BCUT2D eigenvalue weighted by atomic mass is 16.6. The first kappa shape index (κ1) is 10.0. The largest absolute Gasteiger partial charge is 0.466 e. The summed E-state index contributed by atoms with van der Waals surface area (Å²) in [5, 5.41) is 0. The molecule has 0 aromatic heterocycles. The molecule has 0 bridgehead atoms. The molecule has 0 spiro atoms. The van der Waals surface area contributed by atoms with Gasteiger partial charge in [0, 0.05) is 19.8 Å². The average molecular weight is 186 g/mol. The summed E-state index contributed by atoms with van der Waals surface area (Å²) in [6.07, 6.45) is 1.77. The molecule has 1 unspecified atom stereocenters. The van der Waals surface area contributed by atoms with Crippen molar-refractivity contribution in [3.63, 3.8) is 0 Å². The number of rotatable bonds is 3. The SMILES string of the molecule is CC(=O)OCCC1(C)CCC(=O)O1. The van der Waals surface area contributed by atoms with Gasteiger partial charge in [0.25, 0.3) is 0 Å². The molecule has 0 amide bonds. The number of esters is 2. The number of ether oxygens (including phenoxy) is 2. The molecule has 1 atom stereocenters. The molecule has 1 aliphatic rings. The molecule has 4 heteroatoms. The lowest BCUT2D eigenvalue weighted by Crippen LogP contribution is -2.26. The Hall–Kier alpha value is -1.06. The Kier molecular flexibility index (Phi) is 2.90. The lowest BCUT2D eigenvalue weighted by Gasteiger charge is -2.21. The second kappa shape index (κ2) is 3.77. The maximum absolute atomic E-state index is 10.8. The van der Waals surface area contributed by atoms with Crippen molar-refractivity contribution in [3.8, 4) is 0 Å². The van der Waals surface area contributed by atoms with E-state index in [9.17, 15) is 9.59 Å². The summed E-state index contributed by atoms with van der Waals surface area (Å²) < 4.78 is 9.87. The molecule has 4 nitrogen and oxygen atoms in total. The van der Waals surface area contributed by atoms with Crippen LogP contribution < -0.4 is 0 Å². The highest BCUT2D eigenvalue weighted by Crippen LogP contribution is 2.29. The van der Waals surface area contributed by atoms with Gasteiger partial charge >= 0.3 is 11.9 Å². The first-order valence-corrected chi connectivity index (χ1v) is 4.37. The summed E-state index contributed by atoms with van der Waals surface area (Å²) in [5.41, 5.74) is -0.424. The monoisotopic (exact) mass is 186 g/mol. The van der Waals surface area contributed by atoms with E-state index in [0.29, 0.717) is 25.9 Å². The lowest BCUT2D eigenvalue weighted by atomic mass is 9.99. The molecule has 0 radical (unpaired) electrons. The van der Waals surface area contributed by atoms with Gasteiger partial charge in [0.1, 0.15) is 5.60 Å². The molecule has 1 fully saturated rings. The van der Waals surface area contributed by atoms with Gasteiger partial charge in [-0.15, -0.1) is 0 Å². The van der Waals surface area contributed by atoms with E-state index in [-0.39, 0.29) is 11.9 Å². The van der Waals surface area contributed by atoms with Gasteiger partial charge in [-0.2, -0.15) is 0 Å². The van der Waals surface area contributed by atoms with Crippen LogP contribution in [0.15, 0.2) is 0 Å². The lowest BCUT2D eigenvalue weighted by molar-refractivity contribution is -0.150. The summed E-state index contributed by atoms with van der Waals surface area (Å²) in [6, 6.07) is 0. The van der Waals surface area contributed by atoms with Crippen molar-refractivity contribution in [2.24, 2.45) is 0 Å². The third kappa shape index (κ3) is 3.05.